The second-order valence-electron chi connectivity index (χ2n) is 5.23. The normalized spacial score (nSPS) is 29.3. The van der Waals surface area contributed by atoms with Gasteiger partial charge in [0, 0.05) is 6.92 Å². The molecule has 0 bridgehead atoms. The molecule has 7 heteroatoms. The molecule has 0 radical (unpaired) electrons. The first-order chi connectivity index (χ1) is 10.5. The summed E-state index contributed by atoms with van der Waals surface area (Å²) >= 11 is 0. The Hall–Kier alpha value is -1.51. The highest BCUT2D eigenvalue weighted by atomic mass is 16.6. The molecule has 2 rings (SSSR count). The van der Waals surface area contributed by atoms with Crippen LogP contribution in [0.15, 0.2) is 30.3 Å². The summed E-state index contributed by atoms with van der Waals surface area (Å²) in [5, 5.41) is 31.4. The van der Waals surface area contributed by atoms with E-state index in [9.17, 15) is 15.0 Å². The molecular weight excluding hydrogens is 290 g/mol. The number of rotatable bonds is 6. The fraction of sp³-hybridized carbons (Fsp3) is 0.533. The zero-order valence-corrected chi connectivity index (χ0v) is 12.3. The minimum atomic E-state index is -1.31. The summed E-state index contributed by atoms with van der Waals surface area (Å²) in [6.07, 6.45) is -4.23. The largest absolute Gasteiger partial charge is 0.394 e. The Morgan fingerprint density at radius 1 is 1.41 bits per heavy atom. The lowest BCUT2D eigenvalue weighted by atomic mass is 10.0. The molecule has 0 aromatic heterocycles. The minimum absolute atomic E-state index is 0.228. The molecule has 0 spiro atoms. The zero-order valence-electron chi connectivity index (χ0n) is 12.3. The Morgan fingerprint density at radius 3 is 2.68 bits per heavy atom. The van der Waals surface area contributed by atoms with Crippen molar-refractivity contribution < 1.29 is 29.6 Å². The molecule has 0 saturated carbocycles. The number of hydrogen-bond donors (Lipinski definition) is 4. The van der Waals surface area contributed by atoms with Crippen LogP contribution in [0.25, 0.3) is 0 Å². The summed E-state index contributed by atoms with van der Waals surface area (Å²) < 4.78 is 11.0. The summed E-state index contributed by atoms with van der Waals surface area (Å²) in [5.74, 6) is -0.347. The van der Waals surface area contributed by atoms with Crippen LogP contribution in [0.5, 0.6) is 0 Å². The summed E-state index contributed by atoms with van der Waals surface area (Å²) in [5.41, 5.74) is 0.905. The predicted octanol–water partition coefficient (Wildman–Crippen LogP) is -0.853. The second kappa shape index (κ2) is 7.66. The monoisotopic (exact) mass is 311 g/mol. The van der Waals surface area contributed by atoms with Crippen LogP contribution in [0.2, 0.25) is 0 Å². The highest BCUT2D eigenvalue weighted by molar-refractivity contribution is 5.73. The van der Waals surface area contributed by atoms with Gasteiger partial charge in [0.05, 0.1) is 13.2 Å². The molecule has 0 unspecified atom stereocenters. The average molecular weight is 311 g/mol. The SMILES string of the molecule is CC(=O)N[C@@H]1[C@@H](OCc2ccccc2)[C@@H]([C@H](O)CO)O[C@H]1O. The number of hydrogen-bond acceptors (Lipinski definition) is 6. The van der Waals surface area contributed by atoms with Gasteiger partial charge in [-0.3, -0.25) is 4.79 Å². The number of benzene rings is 1. The highest BCUT2D eigenvalue weighted by Crippen LogP contribution is 2.26. The maximum Gasteiger partial charge on any atom is 0.217 e. The fourth-order valence-electron chi connectivity index (χ4n) is 2.46. The molecule has 1 amide bonds. The quantitative estimate of drug-likeness (QED) is 0.545. The Bertz CT molecular complexity index is 482. The fourth-order valence-corrected chi connectivity index (χ4v) is 2.46. The highest BCUT2D eigenvalue weighted by Gasteiger charge is 2.48. The summed E-state index contributed by atoms with van der Waals surface area (Å²) in [6.45, 7) is 1.01. The standard InChI is InChI=1S/C15H21NO6/c1-9(18)16-12-14(13(11(19)7-17)22-15(12)20)21-8-10-5-3-2-4-6-10/h2-6,11-15,17,19-20H,7-8H2,1H3,(H,16,18)/t11-,12-,13-,14-,15-/m1/s1. The first-order valence-electron chi connectivity index (χ1n) is 7.08. The van der Waals surface area contributed by atoms with E-state index >= 15 is 0 Å². The topological polar surface area (TPSA) is 108 Å². The van der Waals surface area contributed by atoms with Crippen molar-refractivity contribution in [2.24, 2.45) is 0 Å². The van der Waals surface area contributed by atoms with Gasteiger partial charge in [0.1, 0.15) is 24.4 Å². The molecule has 1 aliphatic rings. The summed E-state index contributed by atoms with van der Waals surface area (Å²) in [7, 11) is 0. The van der Waals surface area contributed by atoms with E-state index in [1.807, 2.05) is 30.3 Å². The van der Waals surface area contributed by atoms with E-state index in [1.165, 1.54) is 6.92 Å². The summed E-state index contributed by atoms with van der Waals surface area (Å²) in [4.78, 5) is 11.3. The number of aliphatic hydroxyl groups is 3. The molecule has 1 saturated heterocycles. The van der Waals surface area contributed by atoms with Crippen molar-refractivity contribution in [3.05, 3.63) is 35.9 Å². The molecule has 5 atom stereocenters. The lowest BCUT2D eigenvalue weighted by Crippen LogP contribution is -2.50. The van der Waals surface area contributed by atoms with Crippen molar-refractivity contribution in [1.82, 2.24) is 5.32 Å². The molecule has 22 heavy (non-hydrogen) atoms. The number of aliphatic hydroxyl groups excluding tert-OH is 3. The Kier molecular flexibility index (Phi) is 5.87. The van der Waals surface area contributed by atoms with Gasteiger partial charge >= 0.3 is 0 Å². The van der Waals surface area contributed by atoms with Gasteiger partial charge in [-0.15, -0.1) is 0 Å². The molecule has 1 fully saturated rings. The third kappa shape index (κ3) is 4.02. The van der Waals surface area contributed by atoms with Crippen LogP contribution in [-0.4, -0.2) is 58.5 Å². The molecule has 1 heterocycles. The third-order valence-corrected chi connectivity index (χ3v) is 3.50. The van der Waals surface area contributed by atoms with E-state index in [0.29, 0.717) is 0 Å². The number of nitrogens with one attached hydrogen (secondary N) is 1. The number of ether oxygens (including phenoxy) is 2. The molecule has 0 aliphatic carbocycles. The first-order valence-corrected chi connectivity index (χ1v) is 7.08. The third-order valence-electron chi connectivity index (χ3n) is 3.50. The van der Waals surface area contributed by atoms with Crippen LogP contribution in [0.4, 0.5) is 0 Å². The van der Waals surface area contributed by atoms with Crippen LogP contribution < -0.4 is 5.32 Å². The van der Waals surface area contributed by atoms with Gasteiger partial charge in [-0.2, -0.15) is 0 Å². The van der Waals surface area contributed by atoms with Gasteiger partial charge in [0.2, 0.25) is 5.91 Å². The van der Waals surface area contributed by atoms with Crippen LogP contribution in [-0.2, 0) is 20.9 Å². The molecule has 7 nitrogen and oxygen atoms in total. The van der Waals surface area contributed by atoms with Crippen molar-refractivity contribution >= 4 is 5.91 Å². The van der Waals surface area contributed by atoms with Crippen molar-refractivity contribution in [3.8, 4) is 0 Å². The summed E-state index contributed by atoms with van der Waals surface area (Å²) in [6, 6.07) is 8.54. The molecular formula is C15H21NO6. The Morgan fingerprint density at radius 2 is 2.09 bits per heavy atom. The minimum Gasteiger partial charge on any atom is -0.394 e. The van der Waals surface area contributed by atoms with E-state index in [0.717, 1.165) is 5.56 Å². The van der Waals surface area contributed by atoms with E-state index in [-0.39, 0.29) is 12.5 Å². The Balaban J connectivity index is 2.10. The predicted molar refractivity (Wildman–Crippen MR) is 76.6 cm³/mol. The smallest absolute Gasteiger partial charge is 0.217 e. The molecule has 4 N–H and O–H groups in total. The first kappa shape index (κ1) is 16.9. The van der Waals surface area contributed by atoms with E-state index < -0.39 is 37.3 Å². The van der Waals surface area contributed by atoms with Gasteiger partial charge in [-0.1, -0.05) is 30.3 Å². The van der Waals surface area contributed by atoms with Gasteiger partial charge in [0.25, 0.3) is 0 Å². The zero-order chi connectivity index (χ0) is 16.1. The van der Waals surface area contributed by atoms with Gasteiger partial charge in [-0.05, 0) is 5.56 Å². The molecule has 1 aromatic carbocycles. The van der Waals surface area contributed by atoms with Crippen LogP contribution in [0.3, 0.4) is 0 Å². The van der Waals surface area contributed by atoms with Crippen LogP contribution in [0.1, 0.15) is 12.5 Å². The average Bonchev–Trinajstić information content (AvgIpc) is 2.81. The van der Waals surface area contributed by atoms with Crippen LogP contribution >= 0.6 is 0 Å². The second-order valence-corrected chi connectivity index (χ2v) is 5.23. The molecule has 1 aromatic rings. The number of carbonyl (C=O) groups excluding carboxylic acids is 1. The van der Waals surface area contributed by atoms with Crippen molar-refractivity contribution in [1.29, 1.82) is 0 Å². The van der Waals surface area contributed by atoms with Gasteiger partial charge in [0.15, 0.2) is 6.29 Å². The maximum absolute atomic E-state index is 11.3. The van der Waals surface area contributed by atoms with E-state index in [1.54, 1.807) is 0 Å². The van der Waals surface area contributed by atoms with Gasteiger partial charge in [-0.25, -0.2) is 0 Å². The molecule has 122 valence electrons. The van der Waals surface area contributed by atoms with Crippen molar-refractivity contribution in [2.45, 2.75) is 44.2 Å². The van der Waals surface area contributed by atoms with Crippen molar-refractivity contribution in [2.75, 3.05) is 6.61 Å². The van der Waals surface area contributed by atoms with Gasteiger partial charge < -0.3 is 30.1 Å². The number of amides is 1. The molecule has 1 aliphatic heterocycles. The Labute approximate surface area is 128 Å². The van der Waals surface area contributed by atoms with Crippen LogP contribution in [0, 0.1) is 0 Å². The van der Waals surface area contributed by atoms with E-state index in [4.69, 9.17) is 14.6 Å². The van der Waals surface area contributed by atoms with E-state index in [2.05, 4.69) is 5.32 Å². The lowest BCUT2D eigenvalue weighted by Gasteiger charge is -2.25. The maximum atomic E-state index is 11.3. The lowest BCUT2D eigenvalue weighted by molar-refractivity contribution is -0.145. The number of carbonyl (C=O) groups is 1. The van der Waals surface area contributed by atoms with Crippen molar-refractivity contribution in [3.63, 3.8) is 0 Å².